The summed E-state index contributed by atoms with van der Waals surface area (Å²) in [4.78, 5) is 31.1. The van der Waals surface area contributed by atoms with Crippen LogP contribution in [-0.4, -0.2) is 29.2 Å². The summed E-state index contributed by atoms with van der Waals surface area (Å²) in [5.41, 5.74) is 5.73. The first kappa shape index (κ1) is 23.3. The number of thiophene rings is 1. The van der Waals surface area contributed by atoms with E-state index in [9.17, 15) is 9.59 Å². The Labute approximate surface area is 191 Å². The van der Waals surface area contributed by atoms with Crippen LogP contribution >= 0.6 is 23.1 Å². The Morgan fingerprint density at radius 1 is 1.13 bits per heavy atom. The molecule has 1 aromatic carbocycles. The average molecular weight is 457 g/mol. The van der Waals surface area contributed by atoms with Crippen molar-refractivity contribution in [1.29, 1.82) is 0 Å². The number of rotatable bonds is 6. The largest absolute Gasteiger partial charge is 0.465 e. The fourth-order valence-corrected chi connectivity index (χ4v) is 5.66. The van der Waals surface area contributed by atoms with E-state index >= 15 is 0 Å². The number of aromatic nitrogens is 1. The van der Waals surface area contributed by atoms with Crippen molar-refractivity contribution in [3.05, 3.63) is 50.9 Å². The highest BCUT2D eigenvalue weighted by molar-refractivity contribution is 8.00. The van der Waals surface area contributed by atoms with Gasteiger partial charge in [0.2, 0.25) is 5.91 Å². The van der Waals surface area contributed by atoms with Crippen LogP contribution in [0.1, 0.15) is 50.8 Å². The molecule has 1 N–H and O–H groups in total. The van der Waals surface area contributed by atoms with E-state index in [2.05, 4.69) is 38.2 Å². The number of ether oxygens (including phenoxy) is 1. The van der Waals surface area contributed by atoms with Crippen molar-refractivity contribution in [2.75, 3.05) is 12.4 Å². The molecule has 3 rings (SSSR count). The van der Waals surface area contributed by atoms with E-state index in [4.69, 9.17) is 9.72 Å². The van der Waals surface area contributed by atoms with Crippen molar-refractivity contribution in [3.63, 3.8) is 0 Å². The monoisotopic (exact) mass is 456 g/mol. The van der Waals surface area contributed by atoms with Crippen molar-refractivity contribution < 1.29 is 14.3 Å². The third-order valence-electron chi connectivity index (χ3n) is 5.37. The van der Waals surface area contributed by atoms with Gasteiger partial charge in [-0.05, 0) is 69.9 Å². The summed E-state index contributed by atoms with van der Waals surface area (Å²) in [5.74, 6) is -0.575. The molecule has 0 aliphatic heterocycles. The minimum absolute atomic E-state index is 0.140. The molecule has 31 heavy (non-hydrogen) atoms. The van der Waals surface area contributed by atoms with Gasteiger partial charge in [-0.1, -0.05) is 30.3 Å². The van der Waals surface area contributed by atoms with E-state index in [1.54, 1.807) is 0 Å². The lowest BCUT2D eigenvalue weighted by Crippen LogP contribution is -2.25. The molecule has 1 amide bonds. The number of benzene rings is 1. The molecule has 0 aliphatic carbocycles. The minimum Gasteiger partial charge on any atom is -0.465 e. The molecule has 1 atom stereocenters. The van der Waals surface area contributed by atoms with Crippen molar-refractivity contribution in [3.8, 4) is 0 Å². The number of nitrogens with zero attached hydrogens (tertiary/aromatic N) is 1. The fraction of sp³-hybridized carbons (Fsp3) is 0.375. The molecule has 164 valence electrons. The number of hydrogen-bond donors (Lipinski definition) is 1. The normalized spacial score (nSPS) is 12.1. The Hall–Kier alpha value is -2.38. The van der Waals surface area contributed by atoms with Gasteiger partial charge in [-0.2, -0.15) is 0 Å². The molecule has 2 aromatic heterocycles. The van der Waals surface area contributed by atoms with E-state index < -0.39 is 5.97 Å². The number of esters is 1. The zero-order chi connectivity index (χ0) is 22.9. The van der Waals surface area contributed by atoms with Crippen molar-refractivity contribution in [2.45, 2.75) is 58.2 Å². The van der Waals surface area contributed by atoms with Gasteiger partial charge < -0.3 is 10.1 Å². The summed E-state index contributed by atoms with van der Waals surface area (Å²) in [6.45, 7) is 12.0. The lowest BCUT2D eigenvalue weighted by atomic mass is 10.0. The van der Waals surface area contributed by atoms with Crippen LogP contribution in [0.5, 0.6) is 0 Å². The van der Waals surface area contributed by atoms with Crippen LogP contribution in [0.3, 0.4) is 0 Å². The Morgan fingerprint density at radius 2 is 1.84 bits per heavy atom. The molecule has 2 heterocycles. The highest BCUT2D eigenvalue weighted by atomic mass is 32.2. The van der Waals surface area contributed by atoms with Crippen LogP contribution in [0.25, 0.3) is 10.9 Å². The number of thioether (sulfide) groups is 1. The Balaban J connectivity index is 1.88. The van der Waals surface area contributed by atoms with Gasteiger partial charge in [0.1, 0.15) is 5.00 Å². The molecule has 1 unspecified atom stereocenters. The van der Waals surface area contributed by atoms with E-state index in [1.807, 2.05) is 26.8 Å². The van der Waals surface area contributed by atoms with Crippen LogP contribution < -0.4 is 5.32 Å². The van der Waals surface area contributed by atoms with E-state index in [1.165, 1.54) is 35.8 Å². The number of methoxy groups -OCH3 is 1. The maximum atomic E-state index is 13.1. The lowest BCUT2D eigenvalue weighted by molar-refractivity contribution is -0.115. The first-order valence-corrected chi connectivity index (χ1v) is 11.9. The van der Waals surface area contributed by atoms with Crippen LogP contribution in [0.2, 0.25) is 0 Å². The molecule has 5 nitrogen and oxygen atoms in total. The highest BCUT2D eigenvalue weighted by Gasteiger charge is 2.25. The summed E-state index contributed by atoms with van der Waals surface area (Å²) in [5, 5.41) is 5.14. The number of anilines is 1. The predicted molar refractivity (Wildman–Crippen MR) is 130 cm³/mol. The summed E-state index contributed by atoms with van der Waals surface area (Å²) in [6, 6.07) is 6.32. The predicted octanol–water partition coefficient (Wildman–Crippen LogP) is 6.13. The number of hydrogen-bond acceptors (Lipinski definition) is 6. The third kappa shape index (κ3) is 4.77. The van der Waals surface area contributed by atoms with Gasteiger partial charge in [-0.3, -0.25) is 4.79 Å². The van der Waals surface area contributed by atoms with Gasteiger partial charge in [0.05, 0.1) is 28.5 Å². The van der Waals surface area contributed by atoms with E-state index in [0.717, 1.165) is 37.5 Å². The first-order chi connectivity index (χ1) is 14.7. The lowest BCUT2D eigenvalue weighted by Gasteiger charge is -2.16. The van der Waals surface area contributed by atoms with E-state index in [0.29, 0.717) is 17.0 Å². The second-order valence-electron chi connectivity index (χ2n) is 7.74. The smallest absolute Gasteiger partial charge is 0.341 e. The summed E-state index contributed by atoms with van der Waals surface area (Å²) >= 11 is 2.85. The summed E-state index contributed by atoms with van der Waals surface area (Å²) < 4.78 is 4.91. The van der Waals surface area contributed by atoms with Crippen molar-refractivity contribution in [2.24, 2.45) is 0 Å². The number of carbonyl (C=O) groups is 2. The standard InChI is InChI=1S/C24H28N2O3S2/c1-8-18(22(27)26-23-20(24(28)29-7)15(5)16(6)30-23)31-19-11-13(3)17-10-12(2)9-14(4)21(17)25-19/h9-11,18H,8H2,1-7H3,(H,26,27). The van der Waals surface area contributed by atoms with Crippen molar-refractivity contribution in [1.82, 2.24) is 4.98 Å². The van der Waals surface area contributed by atoms with Crippen LogP contribution in [0.15, 0.2) is 23.2 Å². The van der Waals surface area contributed by atoms with E-state index in [-0.39, 0.29) is 11.2 Å². The topological polar surface area (TPSA) is 68.3 Å². The van der Waals surface area contributed by atoms with Gasteiger partial charge in [0.15, 0.2) is 0 Å². The van der Waals surface area contributed by atoms with Gasteiger partial charge >= 0.3 is 5.97 Å². The molecule has 0 radical (unpaired) electrons. The average Bonchev–Trinajstić information content (AvgIpc) is 2.99. The van der Waals surface area contributed by atoms with Crippen LogP contribution in [0, 0.1) is 34.6 Å². The second kappa shape index (κ2) is 9.40. The maximum absolute atomic E-state index is 13.1. The maximum Gasteiger partial charge on any atom is 0.341 e. The van der Waals surface area contributed by atoms with Gasteiger partial charge in [-0.15, -0.1) is 11.3 Å². The second-order valence-corrected chi connectivity index (χ2v) is 10.2. The molecule has 3 aromatic rings. The van der Waals surface area contributed by atoms with Crippen molar-refractivity contribution >= 4 is 50.9 Å². The number of carbonyl (C=O) groups excluding carboxylic acids is 2. The quantitative estimate of drug-likeness (QED) is 0.357. The first-order valence-electron chi connectivity index (χ1n) is 10.2. The van der Waals surface area contributed by atoms with Gasteiger partial charge in [0, 0.05) is 10.3 Å². The Morgan fingerprint density at radius 3 is 2.48 bits per heavy atom. The number of aryl methyl sites for hydroxylation is 4. The third-order valence-corrected chi connectivity index (χ3v) is 7.77. The van der Waals surface area contributed by atoms with Gasteiger partial charge in [0.25, 0.3) is 0 Å². The zero-order valence-corrected chi connectivity index (χ0v) is 20.6. The zero-order valence-electron chi connectivity index (χ0n) is 19.0. The molecular formula is C24H28N2O3S2. The molecule has 0 fully saturated rings. The molecule has 0 bridgehead atoms. The number of fused-ring (bicyclic) bond motifs is 1. The SMILES string of the molecule is CCC(Sc1cc(C)c2cc(C)cc(C)c2n1)C(=O)Nc1sc(C)c(C)c1C(=O)OC. The molecule has 0 aliphatic rings. The molecule has 0 spiro atoms. The molecule has 0 saturated carbocycles. The molecule has 7 heteroatoms. The molecule has 0 saturated heterocycles. The minimum atomic E-state index is -0.435. The highest BCUT2D eigenvalue weighted by Crippen LogP contribution is 2.35. The molecular weight excluding hydrogens is 428 g/mol. The van der Waals surface area contributed by atoms with Crippen LogP contribution in [0.4, 0.5) is 5.00 Å². The Bertz CT molecular complexity index is 1170. The number of nitrogens with one attached hydrogen (secondary N) is 1. The summed E-state index contributed by atoms with van der Waals surface area (Å²) in [6.07, 6.45) is 0.638. The van der Waals surface area contributed by atoms with Crippen LogP contribution in [-0.2, 0) is 9.53 Å². The summed E-state index contributed by atoms with van der Waals surface area (Å²) in [7, 11) is 1.35. The Kier molecular flexibility index (Phi) is 7.06. The number of pyridine rings is 1. The number of amides is 1. The van der Waals surface area contributed by atoms with Gasteiger partial charge in [-0.25, -0.2) is 9.78 Å². The fourth-order valence-electron chi connectivity index (χ4n) is 3.60.